The van der Waals surface area contributed by atoms with Crippen molar-refractivity contribution in [3.8, 4) is 17.6 Å². The molecule has 0 aromatic heterocycles. The number of halogens is 1. The monoisotopic (exact) mass is 679 g/mol. The number of amides is 4. The number of hydrogen-bond donors (Lipinski definition) is 1. The summed E-state index contributed by atoms with van der Waals surface area (Å²) in [5.41, 5.74) is 3.49. The number of rotatable bonds is 8. The van der Waals surface area contributed by atoms with Crippen molar-refractivity contribution in [2.45, 2.75) is 57.5 Å². The van der Waals surface area contributed by atoms with Crippen molar-refractivity contribution in [1.82, 2.24) is 5.32 Å². The number of barbiturate groups is 1. The zero-order valence-corrected chi connectivity index (χ0v) is 27.1. The first kappa shape index (κ1) is 30.2. The van der Waals surface area contributed by atoms with E-state index in [1.807, 2.05) is 31.2 Å². The van der Waals surface area contributed by atoms with Crippen LogP contribution in [0, 0.1) is 29.1 Å². The van der Waals surface area contributed by atoms with Crippen LogP contribution in [0.1, 0.15) is 67.7 Å². The molecule has 9 heteroatoms. The molecule has 5 aliphatic rings. The number of nitrogens with zero attached hydrogens (tertiary/aromatic N) is 2. The molecule has 1 saturated heterocycles. The van der Waals surface area contributed by atoms with Gasteiger partial charge in [0, 0.05) is 5.56 Å². The third kappa shape index (κ3) is 5.49. The molecule has 234 valence electrons. The van der Waals surface area contributed by atoms with Gasteiger partial charge in [-0.15, -0.1) is 0 Å². The fraction of sp³-hybridized carbons (Fsp3) is 0.351. The van der Waals surface area contributed by atoms with Crippen LogP contribution in [0.2, 0.25) is 0 Å². The minimum Gasteiger partial charge on any atom is -0.490 e. The van der Waals surface area contributed by atoms with Crippen LogP contribution >= 0.6 is 15.9 Å². The second kappa shape index (κ2) is 12.1. The van der Waals surface area contributed by atoms with Gasteiger partial charge in [0.2, 0.25) is 0 Å². The molecule has 0 spiro atoms. The zero-order chi connectivity index (χ0) is 32.0. The fourth-order valence-corrected chi connectivity index (χ4v) is 9.04. The van der Waals surface area contributed by atoms with Crippen molar-refractivity contribution in [1.29, 1.82) is 5.26 Å². The first-order chi connectivity index (χ1) is 22.3. The number of hydrogen-bond acceptors (Lipinski definition) is 6. The number of carbonyl (C=O) groups excluding carboxylic acids is 3. The molecule has 3 aromatic carbocycles. The Bertz CT molecular complexity index is 1770. The highest BCUT2D eigenvalue weighted by Gasteiger charge is 2.51. The molecule has 0 atom stereocenters. The fourth-order valence-electron chi connectivity index (χ4n) is 8.47. The number of nitrogens with one attached hydrogen (secondary N) is 1. The number of anilines is 1. The van der Waals surface area contributed by atoms with E-state index in [4.69, 9.17) is 9.47 Å². The maximum atomic E-state index is 13.7. The molecular weight excluding hydrogens is 646 g/mol. The van der Waals surface area contributed by atoms with E-state index >= 15 is 0 Å². The Balaban J connectivity index is 1.14. The van der Waals surface area contributed by atoms with E-state index in [2.05, 4.69) is 39.4 Å². The SMILES string of the molecule is CCOc1cc(/C=C2\C(=O)NC(=O)N(c3ccc(C45CC6CC(CC(C6)C4)C5)cc3)C2=O)cc(Br)c1OCc1ccccc1C#N. The molecule has 4 amide bonds. The summed E-state index contributed by atoms with van der Waals surface area (Å²) >= 11 is 3.54. The number of imide groups is 2. The van der Waals surface area contributed by atoms with Crippen LogP contribution in [0.15, 0.2) is 70.7 Å². The summed E-state index contributed by atoms with van der Waals surface area (Å²) in [6.45, 7) is 2.32. The Morgan fingerprint density at radius 1 is 0.978 bits per heavy atom. The third-order valence-electron chi connectivity index (χ3n) is 10.0. The first-order valence-electron chi connectivity index (χ1n) is 15.9. The van der Waals surface area contributed by atoms with Crippen LogP contribution in [0.25, 0.3) is 6.08 Å². The van der Waals surface area contributed by atoms with Crippen molar-refractivity contribution in [3.05, 3.63) is 93.0 Å². The number of ether oxygens (including phenoxy) is 2. The van der Waals surface area contributed by atoms with Gasteiger partial charge < -0.3 is 9.47 Å². The predicted octanol–water partition coefficient (Wildman–Crippen LogP) is 7.43. The minimum absolute atomic E-state index is 0.141. The normalized spacial score (nSPS) is 25.8. The number of nitriles is 1. The van der Waals surface area contributed by atoms with Crippen LogP contribution in [0.4, 0.5) is 10.5 Å². The van der Waals surface area contributed by atoms with Gasteiger partial charge in [0.05, 0.1) is 28.4 Å². The third-order valence-corrected chi connectivity index (χ3v) is 10.6. The second-order valence-electron chi connectivity index (χ2n) is 13.0. The molecule has 8 nitrogen and oxygen atoms in total. The van der Waals surface area contributed by atoms with Crippen molar-refractivity contribution >= 4 is 45.5 Å². The van der Waals surface area contributed by atoms with Gasteiger partial charge in [0.25, 0.3) is 11.8 Å². The molecule has 1 aliphatic heterocycles. The van der Waals surface area contributed by atoms with E-state index in [0.29, 0.717) is 39.4 Å². The summed E-state index contributed by atoms with van der Waals surface area (Å²) in [6, 6.07) is 19.8. The van der Waals surface area contributed by atoms with Gasteiger partial charge in [-0.2, -0.15) is 5.26 Å². The molecule has 4 bridgehead atoms. The predicted molar refractivity (Wildman–Crippen MR) is 176 cm³/mol. The average Bonchev–Trinajstić information content (AvgIpc) is 3.02. The number of urea groups is 1. The maximum absolute atomic E-state index is 13.7. The molecule has 0 unspecified atom stereocenters. The molecule has 3 aromatic rings. The van der Waals surface area contributed by atoms with E-state index in [-0.39, 0.29) is 17.6 Å². The Morgan fingerprint density at radius 3 is 2.30 bits per heavy atom. The average molecular weight is 681 g/mol. The van der Waals surface area contributed by atoms with Crippen LogP contribution in [0.5, 0.6) is 11.5 Å². The van der Waals surface area contributed by atoms with Gasteiger partial charge in [-0.25, -0.2) is 9.69 Å². The standard InChI is InChI=1S/C37H34BrN3O5/c1-2-45-32-16-22(15-31(38)33(32)46-21-27-6-4-3-5-26(27)20-39)14-30-34(42)40-36(44)41(35(30)43)29-9-7-28(8-10-29)37-17-23-11-24(18-37)13-25(12-23)19-37/h3-10,14-16,23-25H,2,11-13,17-19,21H2,1H3,(H,40,42,44)/b30-14+. The van der Waals surface area contributed by atoms with Gasteiger partial charge in [-0.1, -0.05) is 30.3 Å². The van der Waals surface area contributed by atoms with Crippen LogP contribution < -0.4 is 19.7 Å². The summed E-state index contributed by atoms with van der Waals surface area (Å²) in [4.78, 5) is 40.7. The summed E-state index contributed by atoms with van der Waals surface area (Å²) in [7, 11) is 0. The Hall–Kier alpha value is -4.42. The topological polar surface area (TPSA) is 109 Å². The highest BCUT2D eigenvalue weighted by atomic mass is 79.9. The van der Waals surface area contributed by atoms with Gasteiger partial charge in [0.1, 0.15) is 12.2 Å². The lowest BCUT2D eigenvalue weighted by atomic mass is 9.48. The van der Waals surface area contributed by atoms with E-state index in [1.54, 1.807) is 24.3 Å². The Kier molecular flexibility index (Phi) is 7.93. The van der Waals surface area contributed by atoms with E-state index in [1.165, 1.54) is 50.2 Å². The molecular formula is C37H34BrN3O5. The number of benzene rings is 3. The van der Waals surface area contributed by atoms with Crippen LogP contribution in [-0.4, -0.2) is 24.5 Å². The minimum atomic E-state index is -0.771. The molecule has 4 aliphatic carbocycles. The highest BCUT2D eigenvalue weighted by molar-refractivity contribution is 9.10. The summed E-state index contributed by atoms with van der Waals surface area (Å²) < 4.78 is 12.5. The zero-order valence-electron chi connectivity index (χ0n) is 25.6. The molecule has 1 N–H and O–H groups in total. The lowest BCUT2D eigenvalue weighted by molar-refractivity contribution is -0.122. The molecule has 4 saturated carbocycles. The molecule has 1 heterocycles. The van der Waals surface area contributed by atoms with Gasteiger partial charge >= 0.3 is 6.03 Å². The largest absolute Gasteiger partial charge is 0.490 e. The highest BCUT2D eigenvalue weighted by Crippen LogP contribution is 2.60. The van der Waals surface area contributed by atoms with E-state index in [9.17, 15) is 19.6 Å². The summed E-state index contributed by atoms with van der Waals surface area (Å²) in [5, 5.41) is 11.8. The number of carbonyl (C=O) groups is 3. The molecule has 8 rings (SSSR count). The van der Waals surface area contributed by atoms with Gasteiger partial charge in [-0.05, 0) is 132 Å². The first-order valence-corrected chi connectivity index (χ1v) is 16.7. The van der Waals surface area contributed by atoms with Gasteiger partial charge in [0.15, 0.2) is 11.5 Å². The quantitative estimate of drug-likeness (QED) is 0.196. The van der Waals surface area contributed by atoms with Crippen molar-refractivity contribution < 1.29 is 23.9 Å². The lowest BCUT2D eigenvalue weighted by Gasteiger charge is -2.57. The summed E-state index contributed by atoms with van der Waals surface area (Å²) in [5.74, 6) is 1.79. The van der Waals surface area contributed by atoms with Crippen LogP contribution in [0.3, 0.4) is 0 Å². The van der Waals surface area contributed by atoms with Crippen molar-refractivity contribution in [3.63, 3.8) is 0 Å². The Morgan fingerprint density at radius 2 is 1.65 bits per heavy atom. The van der Waals surface area contributed by atoms with Crippen molar-refractivity contribution in [2.24, 2.45) is 17.8 Å². The molecule has 0 radical (unpaired) electrons. The smallest absolute Gasteiger partial charge is 0.335 e. The van der Waals surface area contributed by atoms with E-state index < -0.39 is 17.8 Å². The molecule has 46 heavy (non-hydrogen) atoms. The van der Waals surface area contributed by atoms with E-state index in [0.717, 1.165) is 28.2 Å². The second-order valence-corrected chi connectivity index (χ2v) is 13.9. The lowest BCUT2D eigenvalue weighted by Crippen LogP contribution is -2.54. The van der Waals surface area contributed by atoms with Gasteiger partial charge in [-0.3, -0.25) is 14.9 Å². The van der Waals surface area contributed by atoms with Crippen LogP contribution in [-0.2, 0) is 21.6 Å². The Labute approximate surface area is 276 Å². The maximum Gasteiger partial charge on any atom is 0.335 e. The van der Waals surface area contributed by atoms with Crippen molar-refractivity contribution in [2.75, 3.05) is 11.5 Å². The molecule has 5 fully saturated rings. The summed E-state index contributed by atoms with van der Waals surface area (Å²) in [6.07, 6.45) is 9.19.